The molecule has 0 fully saturated rings. The van der Waals surface area contributed by atoms with Crippen LogP contribution in [0.1, 0.15) is 38.4 Å². The van der Waals surface area contributed by atoms with E-state index in [2.05, 4.69) is 41.1 Å². The van der Waals surface area contributed by atoms with Crippen LogP contribution in [0.3, 0.4) is 0 Å². The first-order valence-electron chi connectivity index (χ1n) is 9.04. The maximum atomic E-state index is 11.5. The Kier molecular flexibility index (Phi) is 4.31. The van der Waals surface area contributed by atoms with E-state index >= 15 is 0 Å². The molecule has 0 bridgehead atoms. The number of carboxylic acid groups (broad SMARTS) is 1. The number of nitrogens with zero attached hydrogens (tertiary/aromatic N) is 5. The molecule has 140 valence electrons. The van der Waals surface area contributed by atoms with Gasteiger partial charge in [0.1, 0.15) is 0 Å². The first-order chi connectivity index (χ1) is 12.9. The van der Waals surface area contributed by atoms with Gasteiger partial charge in [-0.3, -0.25) is 9.58 Å². The second-order valence-electron chi connectivity index (χ2n) is 7.20. The van der Waals surface area contributed by atoms with Crippen molar-refractivity contribution < 1.29 is 9.90 Å². The predicted octanol–water partition coefficient (Wildman–Crippen LogP) is 2.48. The summed E-state index contributed by atoms with van der Waals surface area (Å²) in [7, 11) is 1.82. The summed E-state index contributed by atoms with van der Waals surface area (Å²) in [6.07, 6.45) is 4.54. The van der Waals surface area contributed by atoms with E-state index in [0.29, 0.717) is 6.54 Å². The van der Waals surface area contributed by atoms with Crippen LogP contribution in [-0.2, 0) is 26.6 Å². The molecule has 0 aliphatic carbocycles. The number of benzene rings is 1. The number of hydrogen-bond acceptors (Lipinski definition) is 4. The molecular formula is C20H23N5O2. The van der Waals surface area contributed by atoms with Gasteiger partial charge >= 0.3 is 5.97 Å². The fourth-order valence-corrected chi connectivity index (χ4v) is 4.09. The van der Waals surface area contributed by atoms with E-state index in [-0.39, 0.29) is 5.69 Å². The maximum absolute atomic E-state index is 11.5. The van der Waals surface area contributed by atoms with Crippen molar-refractivity contribution in [3.8, 4) is 5.69 Å². The number of rotatable bonds is 4. The Bertz CT molecular complexity index is 1000. The molecule has 3 aromatic rings. The largest absolute Gasteiger partial charge is 0.476 e. The van der Waals surface area contributed by atoms with E-state index in [1.807, 2.05) is 24.0 Å². The van der Waals surface area contributed by atoms with E-state index in [9.17, 15) is 9.90 Å². The predicted molar refractivity (Wildman–Crippen MR) is 101 cm³/mol. The number of carboxylic acids is 1. The van der Waals surface area contributed by atoms with E-state index in [4.69, 9.17) is 0 Å². The van der Waals surface area contributed by atoms with Gasteiger partial charge in [0.2, 0.25) is 0 Å². The highest BCUT2D eigenvalue weighted by Crippen LogP contribution is 2.27. The van der Waals surface area contributed by atoms with Crippen molar-refractivity contribution in [1.29, 1.82) is 0 Å². The molecule has 0 spiro atoms. The lowest BCUT2D eigenvalue weighted by atomic mass is 10.0. The quantitative estimate of drug-likeness (QED) is 0.769. The summed E-state index contributed by atoms with van der Waals surface area (Å²) in [6, 6.07) is 6.28. The SMILES string of the molecule is Cc1cc(C)c(-n2cccn2)c(CN2CCc3c(c(C(=O)O)nn3C)C2)c1. The van der Waals surface area contributed by atoms with Gasteiger partial charge in [-0.15, -0.1) is 0 Å². The molecule has 0 amide bonds. The molecule has 0 saturated heterocycles. The molecule has 7 heteroatoms. The highest BCUT2D eigenvalue weighted by molar-refractivity contribution is 5.87. The van der Waals surface area contributed by atoms with Gasteiger partial charge in [-0.1, -0.05) is 17.7 Å². The summed E-state index contributed by atoms with van der Waals surface area (Å²) in [5.74, 6) is -0.961. The molecular weight excluding hydrogens is 342 g/mol. The van der Waals surface area contributed by atoms with Gasteiger partial charge in [-0.25, -0.2) is 9.48 Å². The first kappa shape index (κ1) is 17.5. The lowest BCUT2D eigenvalue weighted by Gasteiger charge is -2.28. The number of carbonyl (C=O) groups is 1. The summed E-state index contributed by atoms with van der Waals surface area (Å²) in [6.45, 7) is 6.41. The molecule has 1 aliphatic heterocycles. The molecule has 0 atom stereocenters. The number of aromatic nitrogens is 4. The van der Waals surface area contributed by atoms with Crippen LogP contribution < -0.4 is 0 Å². The fraction of sp³-hybridized carbons (Fsp3) is 0.350. The second kappa shape index (κ2) is 6.66. The summed E-state index contributed by atoms with van der Waals surface area (Å²) in [5, 5.41) is 18.1. The van der Waals surface area contributed by atoms with Crippen LogP contribution >= 0.6 is 0 Å². The Labute approximate surface area is 157 Å². The Hall–Kier alpha value is -2.93. The average molecular weight is 365 g/mol. The third-order valence-electron chi connectivity index (χ3n) is 5.18. The molecule has 1 aliphatic rings. The lowest BCUT2D eigenvalue weighted by molar-refractivity contribution is 0.0687. The van der Waals surface area contributed by atoms with Gasteiger partial charge in [0.25, 0.3) is 0 Å². The first-order valence-corrected chi connectivity index (χ1v) is 9.04. The average Bonchev–Trinajstić information content (AvgIpc) is 3.23. The normalized spacial score (nSPS) is 14.3. The Balaban J connectivity index is 1.67. The molecule has 2 aromatic heterocycles. The van der Waals surface area contributed by atoms with E-state index in [1.165, 1.54) is 16.7 Å². The van der Waals surface area contributed by atoms with Crippen LogP contribution in [-0.4, -0.2) is 42.1 Å². The van der Waals surface area contributed by atoms with Crippen molar-refractivity contribution in [2.75, 3.05) is 6.54 Å². The van der Waals surface area contributed by atoms with Crippen molar-refractivity contribution in [1.82, 2.24) is 24.5 Å². The van der Waals surface area contributed by atoms with Crippen LogP contribution in [0.4, 0.5) is 0 Å². The van der Waals surface area contributed by atoms with Gasteiger partial charge in [0, 0.05) is 56.8 Å². The van der Waals surface area contributed by atoms with Gasteiger partial charge in [0.15, 0.2) is 5.69 Å². The topological polar surface area (TPSA) is 76.2 Å². The smallest absolute Gasteiger partial charge is 0.356 e. The summed E-state index contributed by atoms with van der Waals surface area (Å²) >= 11 is 0. The highest BCUT2D eigenvalue weighted by Gasteiger charge is 2.27. The zero-order valence-electron chi connectivity index (χ0n) is 15.8. The van der Waals surface area contributed by atoms with Crippen LogP contribution in [0.15, 0.2) is 30.6 Å². The summed E-state index contributed by atoms with van der Waals surface area (Å²) in [4.78, 5) is 13.8. The minimum atomic E-state index is -0.961. The van der Waals surface area contributed by atoms with Gasteiger partial charge in [-0.2, -0.15) is 10.2 Å². The Morgan fingerprint density at radius 1 is 1.30 bits per heavy atom. The monoisotopic (exact) mass is 365 g/mol. The minimum absolute atomic E-state index is 0.171. The van der Waals surface area contributed by atoms with Crippen LogP contribution in [0.5, 0.6) is 0 Å². The van der Waals surface area contributed by atoms with Crippen molar-refractivity contribution in [2.24, 2.45) is 7.05 Å². The molecule has 0 radical (unpaired) electrons. The number of aromatic carboxylic acids is 1. The molecule has 3 heterocycles. The summed E-state index contributed by atoms with van der Waals surface area (Å²) < 4.78 is 3.62. The lowest BCUT2D eigenvalue weighted by Crippen LogP contribution is -2.31. The number of aryl methyl sites for hydroxylation is 3. The number of hydrogen-bond donors (Lipinski definition) is 1. The van der Waals surface area contributed by atoms with Crippen molar-refractivity contribution in [3.05, 3.63) is 64.2 Å². The van der Waals surface area contributed by atoms with Gasteiger partial charge in [0.05, 0.1) is 5.69 Å². The van der Waals surface area contributed by atoms with Crippen molar-refractivity contribution in [3.63, 3.8) is 0 Å². The third-order valence-corrected chi connectivity index (χ3v) is 5.18. The van der Waals surface area contributed by atoms with E-state index in [0.717, 1.165) is 36.5 Å². The Morgan fingerprint density at radius 3 is 2.81 bits per heavy atom. The summed E-state index contributed by atoms with van der Waals surface area (Å²) in [5.41, 5.74) is 6.71. The van der Waals surface area contributed by atoms with E-state index in [1.54, 1.807) is 10.9 Å². The zero-order valence-corrected chi connectivity index (χ0v) is 15.8. The molecule has 1 aromatic carbocycles. The highest BCUT2D eigenvalue weighted by atomic mass is 16.4. The van der Waals surface area contributed by atoms with Crippen LogP contribution in [0.25, 0.3) is 5.69 Å². The Morgan fingerprint density at radius 2 is 2.11 bits per heavy atom. The molecule has 27 heavy (non-hydrogen) atoms. The fourth-order valence-electron chi connectivity index (χ4n) is 4.09. The molecule has 0 unspecified atom stereocenters. The van der Waals surface area contributed by atoms with Gasteiger partial charge < -0.3 is 5.11 Å². The van der Waals surface area contributed by atoms with Gasteiger partial charge in [-0.05, 0) is 31.0 Å². The second-order valence-corrected chi connectivity index (χ2v) is 7.20. The molecule has 7 nitrogen and oxygen atoms in total. The zero-order chi connectivity index (χ0) is 19.1. The maximum Gasteiger partial charge on any atom is 0.356 e. The minimum Gasteiger partial charge on any atom is -0.476 e. The van der Waals surface area contributed by atoms with Crippen molar-refractivity contribution >= 4 is 5.97 Å². The molecule has 4 rings (SSSR count). The molecule has 0 saturated carbocycles. The third kappa shape index (κ3) is 3.14. The van der Waals surface area contributed by atoms with Crippen molar-refractivity contribution in [2.45, 2.75) is 33.4 Å². The number of fused-ring (bicyclic) bond motifs is 1. The molecule has 1 N–H and O–H groups in total. The van der Waals surface area contributed by atoms with Crippen LogP contribution in [0.2, 0.25) is 0 Å². The van der Waals surface area contributed by atoms with Crippen LogP contribution in [0, 0.1) is 13.8 Å². The standard InChI is InChI=1S/C20H23N5O2/c1-13-9-14(2)19(25-7-4-6-21-25)15(10-13)11-24-8-5-17-16(12-24)18(20(26)27)22-23(17)3/h4,6-7,9-10H,5,8,11-12H2,1-3H3,(H,26,27). The van der Waals surface area contributed by atoms with E-state index < -0.39 is 5.97 Å².